The van der Waals surface area contributed by atoms with Crippen LogP contribution in [0, 0.1) is 5.92 Å². The molecular formula is C10H13N. The van der Waals surface area contributed by atoms with Gasteiger partial charge in [0, 0.05) is 6.20 Å². The molecule has 11 heavy (non-hydrogen) atoms. The van der Waals surface area contributed by atoms with Crippen molar-refractivity contribution in [2.24, 2.45) is 5.92 Å². The molecule has 1 rings (SSSR count). The Morgan fingerprint density at radius 2 is 2.18 bits per heavy atom. The van der Waals surface area contributed by atoms with Gasteiger partial charge in [0.1, 0.15) is 0 Å². The Hall–Kier alpha value is -1.11. The quantitative estimate of drug-likeness (QED) is 0.626. The second-order valence-corrected chi connectivity index (χ2v) is 2.86. The van der Waals surface area contributed by atoms with Crippen LogP contribution in [0.1, 0.15) is 19.5 Å². The van der Waals surface area contributed by atoms with Gasteiger partial charge >= 0.3 is 0 Å². The molecule has 1 heterocycles. The predicted octanol–water partition coefficient (Wildman–Crippen LogP) is 2.75. The number of rotatable bonds is 2. The zero-order valence-corrected chi connectivity index (χ0v) is 6.99. The van der Waals surface area contributed by atoms with Crippen LogP contribution >= 0.6 is 0 Å². The Bertz CT molecular complexity index is 224. The van der Waals surface area contributed by atoms with Gasteiger partial charge in [0.2, 0.25) is 0 Å². The van der Waals surface area contributed by atoms with E-state index >= 15 is 0 Å². The van der Waals surface area contributed by atoms with E-state index in [9.17, 15) is 0 Å². The summed E-state index contributed by atoms with van der Waals surface area (Å²) < 4.78 is 0. The van der Waals surface area contributed by atoms with Crippen molar-refractivity contribution in [1.82, 2.24) is 4.98 Å². The van der Waals surface area contributed by atoms with Crippen molar-refractivity contribution in [1.29, 1.82) is 0 Å². The van der Waals surface area contributed by atoms with Gasteiger partial charge in [-0.15, -0.1) is 0 Å². The predicted molar refractivity (Wildman–Crippen MR) is 48.1 cm³/mol. The molecular weight excluding hydrogens is 134 g/mol. The molecule has 0 N–H and O–H groups in total. The molecule has 0 saturated carbocycles. The Morgan fingerprint density at radius 1 is 1.36 bits per heavy atom. The van der Waals surface area contributed by atoms with Crippen molar-refractivity contribution in [3.8, 4) is 0 Å². The minimum absolute atomic E-state index is 0.594. The van der Waals surface area contributed by atoms with Crippen molar-refractivity contribution < 1.29 is 0 Å². The van der Waals surface area contributed by atoms with E-state index < -0.39 is 0 Å². The van der Waals surface area contributed by atoms with Crippen LogP contribution in [0.4, 0.5) is 0 Å². The first-order valence-electron chi connectivity index (χ1n) is 3.88. The average Bonchev–Trinajstić information content (AvgIpc) is 2.03. The Kier molecular flexibility index (Phi) is 2.84. The molecule has 0 bridgehead atoms. The highest BCUT2D eigenvalue weighted by atomic mass is 14.6. The van der Waals surface area contributed by atoms with Crippen LogP contribution in [0.5, 0.6) is 0 Å². The molecule has 1 nitrogen and oxygen atoms in total. The first-order chi connectivity index (χ1) is 5.29. The highest BCUT2D eigenvalue weighted by Crippen LogP contribution is 2.00. The summed E-state index contributed by atoms with van der Waals surface area (Å²) in [6.07, 6.45) is 5.99. The fourth-order valence-electron chi connectivity index (χ4n) is 0.766. The minimum atomic E-state index is 0.594. The molecule has 58 valence electrons. The van der Waals surface area contributed by atoms with E-state index in [1.807, 2.05) is 24.3 Å². The van der Waals surface area contributed by atoms with Gasteiger partial charge in [0.15, 0.2) is 0 Å². The van der Waals surface area contributed by atoms with Gasteiger partial charge in [-0.2, -0.15) is 0 Å². The van der Waals surface area contributed by atoms with Crippen molar-refractivity contribution in [3.05, 3.63) is 36.2 Å². The molecule has 0 unspecified atom stereocenters. The Morgan fingerprint density at radius 3 is 2.73 bits per heavy atom. The number of allylic oxidation sites excluding steroid dienone is 1. The topological polar surface area (TPSA) is 12.9 Å². The number of pyridine rings is 1. The lowest BCUT2D eigenvalue weighted by Gasteiger charge is -1.93. The molecule has 1 aromatic heterocycles. The maximum Gasteiger partial charge on any atom is 0.0626 e. The van der Waals surface area contributed by atoms with Crippen LogP contribution in [-0.4, -0.2) is 4.98 Å². The smallest absolute Gasteiger partial charge is 0.0626 e. The Balaban J connectivity index is 2.65. The largest absolute Gasteiger partial charge is 0.257 e. The van der Waals surface area contributed by atoms with Crippen LogP contribution in [-0.2, 0) is 0 Å². The first-order valence-corrected chi connectivity index (χ1v) is 3.88. The zero-order chi connectivity index (χ0) is 8.10. The molecule has 0 aromatic carbocycles. The van der Waals surface area contributed by atoms with Gasteiger partial charge in [-0.05, 0) is 24.1 Å². The highest BCUT2D eigenvalue weighted by molar-refractivity contribution is 5.43. The lowest BCUT2D eigenvalue weighted by molar-refractivity contribution is 0.836. The van der Waals surface area contributed by atoms with E-state index in [1.165, 1.54) is 0 Å². The molecule has 0 atom stereocenters. The SMILES string of the molecule is CC(C)/C=C\c1ccccn1. The van der Waals surface area contributed by atoms with Gasteiger partial charge in [0.05, 0.1) is 5.69 Å². The summed E-state index contributed by atoms with van der Waals surface area (Å²) in [5.74, 6) is 0.594. The summed E-state index contributed by atoms with van der Waals surface area (Å²) in [7, 11) is 0. The van der Waals surface area contributed by atoms with Crippen LogP contribution in [0.2, 0.25) is 0 Å². The maximum atomic E-state index is 4.16. The second-order valence-electron chi connectivity index (χ2n) is 2.86. The minimum Gasteiger partial charge on any atom is -0.257 e. The Labute approximate surface area is 67.8 Å². The van der Waals surface area contributed by atoms with E-state index in [-0.39, 0.29) is 0 Å². The molecule has 0 aliphatic carbocycles. The van der Waals surface area contributed by atoms with Crippen LogP contribution in [0.3, 0.4) is 0 Å². The van der Waals surface area contributed by atoms with E-state index in [0.29, 0.717) is 5.92 Å². The van der Waals surface area contributed by atoms with Crippen LogP contribution < -0.4 is 0 Å². The number of aromatic nitrogens is 1. The first kappa shape index (κ1) is 7.99. The number of nitrogens with zero attached hydrogens (tertiary/aromatic N) is 1. The van der Waals surface area contributed by atoms with Crippen molar-refractivity contribution >= 4 is 6.08 Å². The monoisotopic (exact) mass is 147 g/mol. The van der Waals surface area contributed by atoms with Crippen LogP contribution in [0.15, 0.2) is 30.5 Å². The van der Waals surface area contributed by atoms with Gasteiger partial charge in [-0.25, -0.2) is 0 Å². The molecule has 0 spiro atoms. The second kappa shape index (κ2) is 3.91. The van der Waals surface area contributed by atoms with Gasteiger partial charge in [-0.3, -0.25) is 4.98 Å². The summed E-state index contributed by atoms with van der Waals surface area (Å²) in [4.78, 5) is 4.16. The lowest BCUT2D eigenvalue weighted by Crippen LogP contribution is -1.80. The molecule has 0 radical (unpaired) electrons. The molecule has 0 amide bonds. The third-order valence-electron chi connectivity index (χ3n) is 1.34. The average molecular weight is 147 g/mol. The normalized spacial score (nSPS) is 11.2. The summed E-state index contributed by atoms with van der Waals surface area (Å²) in [6, 6.07) is 5.92. The fourth-order valence-corrected chi connectivity index (χ4v) is 0.766. The van der Waals surface area contributed by atoms with E-state index in [4.69, 9.17) is 0 Å². The van der Waals surface area contributed by atoms with Crippen LogP contribution in [0.25, 0.3) is 6.08 Å². The van der Waals surface area contributed by atoms with Crippen molar-refractivity contribution in [3.63, 3.8) is 0 Å². The third kappa shape index (κ3) is 2.99. The molecule has 0 aliphatic heterocycles. The van der Waals surface area contributed by atoms with E-state index in [2.05, 4.69) is 24.9 Å². The molecule has 0 fully saturated rings. The summed E-state index contributed by atoms with van der Waals surface area (Å²) >= 11 is 0. The van der Waals surface area contributed by atoms with Gasteiger partial charge in [-0.1, -0.05) is 26.0 Å². The molecule has 0 aliphatic rings. The van der Waals surface area contributed by atoms with E-state index in [0.717, 1.165) is 5.69 Å². The molecule has 1 heteroatoms. The fraction of sp³-hybridized carbons (Fsp3) is 0.300. The summed E-state index contributed by atoms with van der Waals surface area (Å²) in [5, 5.41) is 0. The standard InChI is InChI=1S/C10H13N/c1-9(2)6-7-10-5-3-4-8-11-10/h3-9H,1-2H3/b7-6-. The van der Waals surface area contributed by atoms with Crippen molar-refractivity contribution in [2.45, 2.75) is 13.8 Å². The molecule has 1 aromatic rings. The third-order valence-corrected chi connectivity index (χ3v) is 1.34. The number of hydrogen-bond donors (Lipinski definition) is 0. The molecule has 0 saturated heterocycles. The maximum absolute atomic E-state index is 4.16. The van der Waals surface area contributed by atoms with Gasteiger partial charge < -0.3 is 0 Å². The lowest BCUT2D eigenvalue weighted by atomic mass is 10.2. The number of hydrogen-bond acceptors (Lipinski definition) is 1. The van der Waals surface area contributed by atoms with Gasteiger partial charge in [0.25, 0.3) is 0 Å². The highest BCUT2D eigenvalue weighted by Gasteiger charge is 1.85. The summed E-state index contributed by atoms with van der Waals surface area (Å²) in [5.41, 5.74) is 1.03. The van der Waals surface area contributed by atoms with Crippen molar-refractivity contribution in [2.75, 3.05) is 0 Å². The summed E-state index contributed by atoms with van der Waals surface area (Å²) in [6.45, 7) is 4.30. The zero-order valence-electron chi connectivity index (χ0n) is 6.99. The van der Waals surface area contributed by atoms with E-state index in [1.54, 1.807) is 6.20 Å².